The predicted octanol–water partition coefficient (Wildman–Crippen LogP) is 5.95. The van der Waals surface area contributed by atoms with E-state index < -0.39 is 5.97 Å². The fraction of sp³-hybridized carbons (Fsp3) is 0.400. The normalized spacial score (nSPS) is 10.1. The number of aryl methyl sites for hydroxylation is 1. The first-order valence-electron chi connectivity index (χ1n) is 10.5. The van der Waals surface area contributed by atoms with Gasteiger partial charge in [-0.15, -0.1) is 0 Å². The van der Waals surface area contributed by atoms with Crippen molar-refractivity contribution >= 4 is 5.97 Å². The quantitative estimate of drug-likeness (QED) is 0.262. The molecule has 0 bridgehead atoms. The van der Waals surface area contributed by atoms with Crippen molar-refractivity contribution < 1.29 is 14.3 Å². The van der Waals surface area contributed by atoms with Crippen LogP contribution in [0.1, 0.15) is 79.4 Å². The fourth-order valence-electron chi connectivity index (χ4n) is 3.05. The van der Waals surface area contributed by atoms with Crippen LogP contribution in [0.15, 0.2) is 36.4 Å². The number of carbonyl (C=O) groups excluding carboxylic acids is 1. The molecule has 30 heavy (non-hydrogen) atoms. The number of rotatable bonds is 11. The molecule has 0 spiro atoms. The van der Waals surface area contributed by atoms with Gasteiger partial charge < -0.3 is 9.47 Å². The zero-order valence-corrected chi connectivity index (χ0v) is 17.7. The second-order valence-electron chi connectivity index (χ2n) is 7.17. The van der Waals surface area contributed by atoms with Crippen LogP contribution in [0, 0.1) is 22.7 Å². The number of benzene rings is 2. The Balaban J connectivity index is 2.10. The monoisotopic (exact) mass is 404 g/mol. The lowest BCUT2D eigenvalue weighted by molar-refractivity contribution is 0.0734. The van der Waals surface area contributed by atoms with Crippen LogP contribution >= 0.6 is 0 Å². The lowest BCUT2D eigenvalue weighted by Gasteiger charge is -2.10. The highest BCUT2D eigenvalue weighted by Crippen LogP contribution is 2.24. The van der Waals surface area contributed by atoms with E-state index in [4.69, 9.17) is 9.47 Å². The molecule has 0 aliphatic rings. The van der Waals surface area contributed by atoms with Gasteiger partial charge in [-0.25, -0.2) is 4.79 Å². The molecule has 0 aromatic heterocycles. The summed E-state index contributed by atoms with van der Waals surface area (Å²) in [6, 6.07) is 14.1. The Morgan fingerprint density at radius 1 is 0.867 bits per heavy atom. The summed E-state index contributed by atoms with van der Waals surface area (Å²) in [5.74, 6) is 0.0682. The second kappa shape index (κ2) is 12.3. The van der Waals surface area contributed by atoms with Crippen LogP contribution < -0.4 is 9.47 Å². The maximum atomic E-state index is 12.6. The molecule has 0 N–H and O–H groups in total. The molecule has 156 valence electrons. The van der Waals surface area contributed by atoms with Crippen molar-refractivity contribution in [2.75, 3.05) is 6.61 Å². The van der Waals surface area contributed by atoms with E-state index in [1.54, 1.807) is 24.3 Å². The summed E-state index contributed by atoms with van der Waals surface area (Å²) in [5.41, 5.74) is 1.90. The largest absolute Gasteiger partial charge is 0.492 e. The highest BCUT2D eigenvalue weighted by Gasteiger charge is 2.15. The Hall–Kier alpha value is -3.31. The van der Waals surface area contributed by atoms with Crippen molar-refractivity contribution in [3.05, 3.63) is 58.7 Å². The Labute approximate surface area is 178 Å². The number of carbonyl (C=O) groups is 1. The van der Waals surface area contributed by atoms with Crippen LogP contribution in [-0.4, -0.2) is 12.6 Å². The van der Waals surface area contributed by atoms with E-state index >= 15 is 0 Å². The Bertz CT molecular complexity index is 938. The molecule has 0 fully saturated rings. The average molecular weight is 405 g/mol. The van der Waals surface area contributed by atoms with Gasteiger partial charge in [0, 0.05) is 0 Å². The van der Waals surface area contributed by atoms with Gasteiger partial charge in [0.1, 0.15) is 23.6 Å². The number of nitriles is 2. The van der Waals surface area contributed by atoms with E-state index in [1.807, 2.05) is 6.07 Å². The molecule has 0 radical (unpaired) electrons. The Kier molecular flexibility index (Phi) is 9.42. The van der Waals surface area contributed by atoms with Crippen molar-refractivity contribution in [3.63, 3.8) is 0 Å². The lowest BCUT2D eigenvalue weighted by atomic mass is 10.0. The van der Waals surface area contributed by atoms with E-state index in [1.165, 1.54) is 6.07 Å². The standard InChI is InChI=1S/C25H28N2O3/c1-3-5-7-9-19-10-12-24(21(15-19)17-26)30-25(28)20-11-13-23(22(16-20)18-27)29-14-8-6-4-2/h10-13,15-16H,3-9,14H2,1-2H3. The highest BCUT2D eigenvalue weighted by molar-refractivity contribution is 5.92. The first-order valence-corrected chi connectivity index (χ1v) is 10.5. The zero-order valence-electron chi connectivity index (χ0n) is 17.7. The molecule has 0 atom stereocenters. The van der Waals surface area contributed by atoms with Crippen molar-refractivity contribution in [2.24, 2.45) is 0 Å². The summed E-state index contributed by atoms with van der Waals surface area (Å²) in [5, 5.41) is 18.8. The number of esters is 1. The number of hydrogen-bond acceptors (Lipinski definition) is 5. The first kappa shape index (κ1) is 23.0. The maximum absolute atomic E-state index is 12.6. The van der Waals surface area contributed by atoms with Gasteiger partial charge in [0.2, 0.25) is 0 Å². The van der Waals surface area contributed by atoms with E-state index in [0.29, 0.717) is 17.9 Å². The topological polar surface area (TPSA) is 83.1 Å². The van der Waals surface area contributed by atoms with Gasteiger partial charge in [-0.05, 0) is 55.2 Å². The van der Waals surface area contributed by atoms with Gasteiger partial charge in [0.05, 0.1) is 23.3 Å². The summed E-state index contributed by atoms with van der Waals surface area (Å²) in [7, 11) is 0. The minimum Gasteiger partial charge on any atom is -0.492 e. The summed E-state index contributed by atoms with van der Waals surface area (Å²) in [4.78, 5) is 12.6. The summed E-state index contributed by atoms with van der Waals surface area (Å²) >= 11 is 0. The van der Waals surface area contributed by atoms with Crippen LogP contribution in [0.25, 0.3) is 0 Å². The molecule has 0 aliphatic carbocycles. The fourth-order valence-corrected chi connectivity index (χ4v) is 3.05. The third kappa shape index (κ3) is 6.64. The van der Waals surface area contributed by atoms with Gasteiger partial charge >= 0.3 is 5.97 Å². The highest BCUT2D eigenvalue weighted by atomic mass is 16.5. The van der Waals surface area contributed by atoms with Crippen LogP contribution in [0.5, 0.6) is 11.5 Å². The van der Waals surface area contributed by atoms with Crippen LogP contribution in [0.2, 0.25) is 0 Å². The number of hydrogen-bond donors (Lipinski definition) is 0. The first-order chi connectivity index (χ1) is 14.6. The maximum Gasteiger partial charge on any atom is 0.343 e. The molecule has 0 saturated carbocycles. The van der Waals surface area contributed by atoms with Crippen molar-refractivity contribution in [3.8, 4) is 23.6 Å². The molecule has 0 heterocycles. The molecule has 2 rings (SSSR count). The number of nitrogens with zero attached hydrogens (tertiary/aromatic N) is 2. The van der Waals surface area contributed by atoms with Gasteiger partial charge in [-0.1, -0.05) is 45.6 Å². The third-order valence-corrected chi connectivity index (χ3v) is 4.78. The summed E-state index contributed by atoms with van der Waals surface area (Å²) in [6.07, 6.45) is 7.28. The van der Waals surface area contributed by atoms with Crippen LogP contribution in [0.4, 0.5) is 0 Å². The van der Waals surface area contributed by atoms with Gasteiger partial charge in [-0.3, -0.25) is 0 Å². The van der Waals surface area contributed by atoms with E-state index in [9.17, 15) is 15.3 Å². The van der Waals surface area contributed by atoms with E-state index in [0.717, 1.165) is 50.5 Å². The predicted molar refractivity (Wildman–Crippen MR) is 116 cm³/mol. The Morgan fingerprint density at radius 3 is 2.23 bits per heavy atom. The lowest BCUT2D eigenvalue weighted by Crippen LogP contribution is -2.10. The second-order valence-corrected chi connectivity index (χ2v) is 7.17. The van der Waals surface area contributed by atoms with Gasteiger partial charge in [0.25, 0.3) is 0 Å². The molecule has 5 nitrogen and oxygen atoms in total. The molecule has 2 aromatic rings. The minimum atomic E-state index is -0.612. The van der Waals surface area contributed by atoms with Crippen LogP contribution in [0.3, 0.4) is 0 Å². The van der Waals surface area contributed by atoms with Crippen molar-refractivity contribution in [1.29, 1.82) is 10.5 Å². The molecule has 0 unspecified atom stereocenters. The molecule has 0 aliphatic heterocycles. The summed E-state index contributed by atoms with van der Waals surface area (Å²) in [6.45, 7) is 4.79. The molecule has 0 amide bonds. The number of ether oxygens (including phenoxy) is 2. The zero-order chi connectivity index (χ0) is 21.8. The molecular weight excluding hydrogens is 376 g/mol. The molecular formula is C25H28N2O3. The SMILES string of the molecule is CCCCCOc1ccc(C(=O)Oc2ccc(CCCCC)cc2C#N)cc1C#N. The smallest absolute Gasteiger partial charge is 0.343 e. The van der Waals surface area contributed by atoms with Gasteiger partial charge in [-0.2, -0.15) is 10.5 Å². The number of unbranched alkanes of at least 4 members (excludes halogenated alkanes) is 4. The van der Waals surface area contributed by atoms with Gasteiger partial charge in [0.15, 0.2) is 0 Å². The van der Waals surface area contributed by atoms with E-state index in [2.05, 4.69) is 26.0 Å². The average Bonchev–Trinajstić information content (AvgIpc) is 2.77. The third-order valence-electron chi connectivity index (χ3n) is 4.78. The van der Waals surface area contributed by atoms with E-state index in [-0.39, 0.29) is 16.9 Å². The molecule has 5 heteroatoms. The van der Waals surface area contributed by atoms with Crippen LogP contribution in [-0.2, 0) is 6.42 Å². The summed E-state index contributed by atoms with van der Waals surface area (Å²) < 4.78 is 11.1. The minimum absolute atomic E-state index is 0.222. The van der Waals surface area contributed by atoms with Crippen molar-refractivity contribution in [2.45, 2.75) is 58.8 Å². The molecule has 0 saturated heterocycles. The molecule has 2 aromatic carbocycles. The Morgan fingerprint density at radius 2 is 1.53 bits per heavy atom. The van der Waals surface area contributed by atoms with Crippen molar-refractivity contribution in [1.82, 2.24) is 0 Å².